The number of carbonyl (C=O) groups excluding carboxylic acids is 2. The van der Waals surface area contributed by atoms with Crippen LogP contribution in [0.4, 0.5) is 10.1 Å². The van der Waals surface area contributed by atoms with Gasteiger partial charge in [0.2, 0.25) is 11.8 Å². The van der Waals surface area contributed by atoms with Crippen molar-refractivity contribution in [2.75, 3.05) is 10.8 Å². The Morgan fingerprint density at radius 1 is 0.947 bits per heavy atom. The number of nitrogens with zero attached hydrogens (tertiary/aromatic N) is 2. The average molecular weight is 540 g/mol. The number of carbonyl (C=O) groups is 2. The Kier molecular flexibility index (Phi) is 9.63. The van der Waals surface area contributed by atoms with Gasteiger partial charge >= 0.3 is 0 Å². The number of rotatable bonds is 11. The van der Waals surface area contributed by atoms with Gasteiger partial charge in [-0.1, -0.05) is 49.4 Å². The molecule has 2 amide bonds. The molecule has 0 fully saturated rings. The normalized spacial score (nSPS) is 12.2. The lowest BCUT2D eigenvalue weighted by Crippen LogP contribution is -2.53. The van der Waals surface area contributed by atoms with E-state index in [1.807, 2.05) is 26.8 Å². The molecule has 3 aromatic carbocycles. The smallest absolute Gasteiger partial charge is 0.264 e. The highest BCUT2D eigenvalue weighted by Crippen LogP contribution is 2.25. The molecule has 38 heavy (non-hydrogen) atoms. The Morgan fingerprint density at radius 2 is 1.61 bits per heavy atom. The SMILES string of the molecule is CCC(C(=O)NC(C)C)N(Cc1ccc(F)cc1)C(=O)CN(c1cccc(C)c1)S(=O)(=O)c1ccccc1. The van der Waals surface area contributed by atoms with E-state index in [-0.39, 0.29) is 23.4 Å². The minimum absolute atomic E-state index is 0.0101. The van der Waals surface area contributed by atoms with Gasteiger partial charge in [-0.05, 0) is 74.7 Å². The van der Waals surface area contributed by atoms with E-state index in [4.69, 9.17) is 0 Å². The summed E-state index contributed by atoms with van der Waals surface area (Å²) in [7, 11) is -4.11. The highest BCUT2D eigenvalue weighted by Gasteiger charge is 2.33. The highest BCUT2D eigenvalue weighted by molar-refractivity contribution is 7.92. The lowest BCUT2D eigenvalue weighted by molar-refractivity contribution is -0.140. The first kappa shape index (κ1) is 28.8. The van der Waals surface area contributed by atoms with Gasteiger partial charge in [-0.25, -0.2) is 12.8 Å². The van der Waals surface area contributed by atoms with Crippen LogP contribution in [-0.4, -0.2) is 43.8 Å². The van der Waals surface area contributed by atoms with Crippen LogP contribution in [0, 0.1) is 12.7 Å². The lowest BCUT2D eigenvalue weighted by Gasteiger charge is -2.33. The van der Waals surface area contributed by atoms with Gasteiger partial charge in [0.15, 0.2) is 0 Å². The van der Waals surface area contributed by atoms with E-state index in [1.54, 1.807) is 55.5 Å². The highest BCUT2D eigenvalue weighted by atomic mass is 32.2. The quantitative estimate of drug-likeness (QED) is 0.384. The zero-order valence-electron chi connectivity index (χ0n) is 22.1. The summed E-state index contributed by atoms with van der Waals surface area (Å²) in [6.07, 6.45) is 0.307. The molecule has 0 radical (unpaired) electrons. The molecule has 3 aromatic rings. The van der Waals surface area contributed by atoms with Crippen molar-refractivity contribution >= 4 is 27.5 Å². The summed E-state index contributed by atoms with van der Waals surface area (Å²) in [5, 5.41) is 2.85. The van der Waals surface area contributed by atoms with Crippen LogP contribution in [0.25, 0.3) is 0 Å². The molecule has 0 aromatic heterocycles. The molecule has 0 saturated carbocycles. The van der Waals surface area contributed by atoms with Gasteiger partial charge in [0.05, 0.1) is 10.6 Å². The number of aryl methyl sites for hydroxylation is 1. The summed E-state index contributed by atoms with van der Waals surface area (Å²) in [6, 6.07) is 19.4. The first-order valence-electron chi connectivity index (χ1n) is 12.5. The number of sulfonamides is 1. The Bertz CT molecular complexity index is 1350. The summed E-state index contributed by atoms with van der Waals surface area (Å²) in [5.74, 6) is -1.32. The largest absolute Gasteiger partial charge is 0.352 e. The number of hydrogen-bond acceptors (Lipinski definition) is 4. The van der Waals surface area contributed by atoms with E-state index in [1.165, 1.54) is 29.2 Å². The third-order valence-corrected chi connectivity index (χ3v) is 7.77. The fraction of sp³-hybridized carbons (Fsp3) is 0.310. The van der Waals surface area contributed by atoms with Gasteiger partial charge in [0.1, 0.15) is 18.4 Å². The van der Waals surface area contributed by atoms with Crippen LogP contribution in [0.2, 0.25) is 0 Å². The minimum Gasteiger partial charge on any atom is -0.352 e. The number of anilines is 1. The van der Waals surface area contributed by atoms with Gasteiger partial charge in [0, 0.05) is 12.6 Å². The summed E-state index contributed by atoms with van der Waals surface area (Å²) < 4.78 is 42.1. The van der Waals surface area contributed by atoms with Crippen LogP contribution in [0.3, 0.4) is 0 Å². The van der Waals surface area contributed by atoms with Gasteiger partial charge in [-0.15, -0.1) is 0 Å². The molecular formula is C29H34FN3O4S. The van der Waals surface area contributed by atoms with E-state index in [2.05, 4.69) is 5.32 Å². The maximum atomic E-state index is 13.9. The topological polar surface area (TPSA) is 86.8 Å². The van der Waals surface area contributed by atoms with E-state index in [9.17, 15) is 22.4 Å². The first-order chi connectivity index (χ1) is 18.0. The number of nitrogens with one attached hydrogen (secondary N) is 1. The molecule has 7 nitrogen and oxygen atoms in total. The van der Waals surface area contributed by atoms with Crippen molar-refractivity contribution in [1.29, 1.82) is 0 Å². The predicted octanol–water partition coefficient (Wildman–Crippen LogP) is 4.66. The Hall–Kier alpha value is -3.72. The molecular weight excluding hydrogens is 505 g/mol. The third-order valence-electron chi connectivity index (χ3n) is 5.98. The third kappa shape index (κ3) is 7.19. The van der Waals surface area contributed by atoms with Crippen molar-refractivity contribution < 1.29 is 22.4 Å². The van der Waals surface area contributed by atoms with Crippen LogP contribution >= 0.6 is 0 Å². The van der Waals surface area contributed by atoms with Crippen molar-refractivity contribution in [3.63, 3.8) is 0 Å². The summed E-state index contributed by atoms with van der Waals surface area (Å²) in [5.41, 5.74) is 1.78. The number of benzene rings is 3. The fourth-order valence-corrected chi connectivity index (χ4v) is 5.55. The number of amides is 2. The Labute approximate surface area is 224 Å². The van der Waals surface area contributed by atoms with Crippen LogP contribution in [0.15, 0.2) is 83.8 Å². The molecule has 0 spiro atoms. The molecule has 3 rings (SSSR count). The molecule has 0 heterocycles. The number of hydrogen-bond donors (Lipinski definition) is 1. The van der Waals surface area contributed by atoms with Crippen LogP contribution in [0.1, 0.15) is 38.3 Å². The molecule has 1 unspecified atom stereocenters. The fourth-order valence-electron chi connectivity index (χ4n) is 4.12. The maximum Gasteiger partial charge on any atom is 0.264 e. The molecule has 202 valence electrons. The molecule has 0 bridgehead atoms. The molecule has 0 aliphatic rings. The van der Waals surface area contributed by atoms with E-state index in [0.717, 1.165) is 9.87 Å². The summed E-state index contributed by atoms with van der Waals surface area (Å²) >= 11 is 0. The summed E-state index contributed by atoms with van der Waals surface area (Å²) in [4.78, 5) is 28.4. The van der Waals surface area contributed by atoms with Gasteiger partial charge < -0.3 is 10.2 Å². The van der Waals surface area contributed by atoms with Crippen molar-refractivity contribution in [2.45, 2.75) is 57.6 Å². The van der Waals surface area contributed by atoms with Crippen molar-refractivity contribution in [3.8, 4) is 0 Å². The first-order valence-corrected chi connectivity index (χ1v) is 14.0. The van der Waals surface area contributed by atoms with Gasteiger partial charge in [-0.2, -0.15) is 0 Å². The van der Waals surface area contributed by atoms with Gasteiger partial charge in [-0.3, -0.25) is 13.9 Å². The zero-order valence-corrected chi connectivity index (χ0v) is 22.9. The second-order valence-electron chi connectivity index (χ2n) is 9.40. The van der Waals surface area contributed by atoms with Crippen LogP contribution < -0.4 is 9.62 Å². The molecule has 9 heteroatoms. The van der Waals surface area contributed by atoms with Crippen molar-refractivity contribution in [3.05, 3.63) is 95.8 Å². The maximum absolute atomic E-state index is 13.9. The molecule has 0 aliphatic heterocycles. The summed E-state index contributed by atoms with van der Waals surface area (Å²) in [6.45, 7) is 6.76. The van der Waals surface area contributed by atoms with E-state index in [0.29, 0.717) is 17.7 Å². The average Bonchev–Trinajstić information content (AvgIpc) is 2.88. The van der Waals surface area contributed by atoms with Crippen LogP contribution in [0.5, 0.6) is 0 Å². The Morgan fingerprint density at radius 3 is 2.18 bits per heavy atom. The lowest BCUT2D eigenvalue weighted by atomic mass is 10.1. The molecule has 1 atom stereocenters. The Balaban J connectivity index is 2.05. The number of halogens is 1. The van der Waals surface area contributed by atoms with Crippen LogP contribution in [-0.2, 0) is 26.2 Å². The molecule has 0 aliphatic carbocycles. The minimum atomic E-state index is -4.11. The molecule has 0 saturated heterocycles. The van der Waals surface area contributed by atoms with E-state index >= 15 is 0 Å². The standard InChI is InChI=1S/C29H34FN3O4S/c1-5-27(29(35)31-21(2)3)32(19-23-14-16-24(30)17-15-23)28(34)20-33(25-11-9-10-22(4)18-25)38(36,37)26-12-7-6-8-13-26/h6-18,21,27H,5,19-20H2,1-4H3,(H,31,35). The van der Waals surface area contributed by atoms with Gasteiger partial charge in [0.25, 0.3) is 10.0 Å². The monoisotopic (exact) mass is 539 g/mol. The molecule has 1 N–H and O–H groups in total. The van der Waals surface area contributed by atoms with Crippen molar-refractivity contribution in [1.82, 2.24) is 10.2 Å². The van der Waals surface area contributed by atoms with E-state index < -0.39 is 34.3 Å². The predicted molar refractivity (Wildman–Crippen MR) is 146 cm³/mol. The second-order valence-corrected chi connectivity index (χ2v) is 11.3. The zero-order chi connectivity index (χ0) is 27.9. The second kappa shape index (κ2) is 12.7. The van der Waals surface area contributed by atoms with Crippen molar-refractivity contribution in [2.24, 2.45) is 0 Å².